The van der Waals surface area contributed by atoms with Gasteiger partial charge >= 0.3 is 0 Å². The van der Waals surface area contributed by atoms with Crippen molar-refractivity contribution in [2.75, 3.05) is 7.11 Å². The van der Waals surface area contributed by atoms with E-state index in [9.17, 15) is 0 Å². The summed E-state index contributed by atoms with van der Waals surface area (Å²) >= 11 is 6.10. The third-order valence-corrected chi connectivity index (χ3v) is 4.98. The lowest BCUT2D eigenvalue weighted by Gasteiger charge is -2.53. The molecule has 2 aliphatic carbocycles. The third kappa shape index (κ3) is 1.83. The molecule has 0 amide bonds. The van der Waals surface area contributed by atoms with Gasteiger partial charge in [0, 0.05) is 16.1 Å². The highest BCUT2D eigenvalue weighted by molar-refractivity contribution is 6.30. The van der Waals surface area contributed by atoms with E-state index >= 15 is 0 Å². The van der Waals surface area contributed by atoms with Crippen molar-refractivity contribution < 1.29 is 4.74 Å². The van der Waals surface area contributed by atoms with E-state index in [-0.39, 0.29) is 5.54 Å². The molecule has 3 rings (SSSR count). The van der Waals surface area contributed by atoms with Crippen molar-refractivity contribution >= 4 is 11.6 Å². The van der Waals surface area contributed by atoms with Gasteiger partial charge in [-0.15, -0.1) is 0 Å². The fourth-order valence-corrected chi connectivity index (χ4v) is 4.20. The molecule has 18 heavy (non-hydrogen) atoms. The van der Waals surface area contributed by atoms with E-state index in [1.807, 2.05) is 18.2 Å². The van der Waals surface area contributed by atoms with Gasteiger partial charge in [0.1, 0.15) is 5.75 Å². The topological polar surface area (TPSA) is 35.2 Å². The minimum Gasteiger partial charge on any atom is -0.496 e. The van der Waals surface area contributed by atoms with Crippen LogP contribution in [0.1, 0.15) is 44.1 Å². The monoisotopic (exact) mass is 265 g/mol. The lowest BCUT2D eigenvalue weighted by Crippen LogP contribution is -2.54. The molecule has 0 saturated heterocycles. The van der Waals surface area contributed by atoms with Gasteiger partial charge in [0.05, 0.1) is 7.11 Å². The first-order valence-electron chi connectivity index (χ1n) is 6.70. The van der Waals surface area contributed by atoms with Crippen LogP contribution in [0.25, 0.3) is 0 Å². The van der Waals surface area contributed by atoms with E-state index < -0.39 is 0 Å². The van der Waals surface area contributed by atoms with Gasteiger partial charge in [-0.3, -0.25) is 0 Å². The molecule has 2 nitrogen and oxygen atoms in total. The number of hydrogen-bond donors (Lipinski definition) is 1. The average Bonchev–Trinajstić information content (AvgIpc) is 2.77. The lowest BCUT2D eigenvalue weighted by atomic mass is 9.54. The summed E-state index contributed by atoms with van der Waals surface area (Å²) in [5, 5.41) is 0.739. The first-order valence-corrected chi connectivity index (χ1v) is 7.08. The van der Waals surface area contributed by atoms with Crippen LogP contribution in [0, 0.1) is 5.41 Å². The van der Waals surface area contributed by atoms with Crippen LogP contribution in [0.3, 0.4) is 0 Å². The summed E-state index contributed by atoms with van der Waals surface area (Å²) in [5.41, 5.74) is 7.94. The second-order valence-electron chi connectivity index (χ2n) is 6.06. The van der Waals surface area contributed by atoms with Crippen molar-refractivity contribution in [1.82, 2.24) is 0 Å². The molecule has 0 bridgehead atoms. The maximum atomic E-state index is 6.59. The van der Waals surface area contributed by atoms with Crippen LogP contribution in [-0.4, -0.2) is 7.11 Å². The largest absolute Gasteiger partial charge is 0.496 e. The Morgan fingerprint density at radius 1 is 1.22 bits per heavy atom. The van der Waals surface area contributed by atoms with Gasteiger partial charge in [0.2, 0.25) is 0 Å². The number of ether oxygens (including phenoxy) is 1. The predicted octanol–water partition coefficient (Wildman–Crippen LogP) is 3.86. The molecule has 0 aromatic heterocycles. The van der Waals surface area contributed by atoms with Crippen molar-refractivity contribution in [2.45, 2.75) is 44.1 Å². The van der Waals surface area contributed by atoms with Crippen molar-refractivity contribution in [3.05, 3.63) is 28.8 Å². The highest BCUT2D eigenvalue weighted by Gasteiger charge is 2.54. The molecular formula is C15H20ClNO. The van der Waals surface area contributed by atoms with Crippen molar-refractivity contribution in [1.29, 1.82) is 0 Å². The summed E-state index contributed by atoms with van der Waals surface area (Å²) in [6.07, 6.45) is 7.57. The molecule has 98 valence electrons. The first-order chi connectivity index (χ1) is 8.57. The van der Waals surface area contributed by atoms with Gasteiger partial charge in [-0.1, -0.05) is 24.4 Å². The van der Waals surface area contributed by atoms with Crippen LogP contribution < -0.4 is 10.5 Å². The Balaban J connectivity index is 1.89. The quantitative estimate of drug-likeness (QED) is 0.881. The number of halogens is 1. The van der Waals surface area contributed by atoms with Crippen LogP contribution in [0.5, 0.6) is 5.75 Å². The number of nitrogens with two attached hydrogens (primary N) is 1. The molecule has 0 heterocycles. The maximum Gasteiger partial charge on any atom is 0.124 e. The van der Waals surface area contributed by atoms with Crippen molar-refractivity contribution in [2.24, 2.45) is 11.1 Å². The summed E-state index contributed by atoms with van der Waals surface area (Å²) in [6.45, 7) is 0. The fourth-order valence-electron chi connectivity index (χ4n) is 4.02. The zero-order chi connectivity index (χ0) is 12.8. The summed E-state index contributed by atoms with van der Waals surface area (Å²) < 4.78 is 5.43. The second-order valence-corrected chi connectivity index (χ2v) is 6.50. The molecular weight excluding hydrogens is 246 g/mol. The van der Waals surface area contributed by atoms with E-state index in [0.29, 0.717) is 5.41 Å². The van der Waals surface area contributed by atoms with Crippen molar-refractivity contribution in [3.63, 3.8) is 0 Å². The Kier molecular flexibility index (Phi) is 2.83. The van der Waals surface area contributed by atoms with Crippen LogP contribution in [-0.2, 0) is 5.54 Å². The number of benzene rings is 1. The highest BCUT2D eigenvalue weighted by Crippen LogP contribution is 2.61. The van der Waals surface area contributed by atoms with Crippen LogP contribution in [0.4, 0.5) is 0 Å². The van der Waals surface area contributed by atoms with Gasteiger partial charge in [0.25, 0.3) is 0 Å². The van der Waals surface area contributed by atoms with Crippen molar-refractivity contribution in [3.8, 4) is 5.75 Å². The van der Waals surface area contributed by atoms with Gasteiger partial charge in [-0.25, -0.2) is 0 Å². The molecule has 2 fully saturated rings. The van der Waals surface area contributed by atoms with E-state index in [2.05, 4.69) is 0 Å². The zero-order valence-electron chi connectivity index (χ0n) is 10.8. The molecule has 0 atom stereocenters. The van der Waals surface area contributed by atoms with Gasteiger partial charge in [-0.2, -0.15) is 0 Å². The molecule has 1 aromatic carbocycles. The Bertz CT molecular complexity index is 458. The predicted molar refractivity (Wildman–Crippen MR) is 74.0 cm³/mol. The first kappa shape index (κ1) is 12.3. The standard InChI is InChI=1S/C15H20ClNO/c1-18-13-5-4-11(16)8-12(13)15(17)9-14(10-15)6-2-3-7-14/h4-5,8H,2-3,6-7,9-10,17H2,1H3. The van der Waals surface area contributed by atoms with Gasteiger partial charge in [-0.05, 0) is 49.3 Å². The maximum absolute atomic E-state index is 6.59. The van der Waals surface area contributed by atoms with Gasteiger partial charge < -0.3 is 10.5 Å². The minimum atomic E-state index is -0.236. The summed E-state index contributed by atoms with van der Waals surface area (Å²) in [4.78, 5) is 0. The van der Waals surface area contributed by atoms with Crippen LogP contribution in [0.15, 0.2) is 18.2 Å². The molecule has 2 N–H and O–H groups in total. The fraction of sp³-hybridized carbons (Fsp3) is 0.600. The summed E-state index contributed by atoms with van der Waals surface area (Å²) in [6, 6.07) is 5.76. The van der Waals surface area contributed by atoms with E-state index in [0.717, 1.165) is 29.2 Å². The molecule has 0 aliphatic heterocycles. The minimum absolute atomic E-state index is 0.236. The average molecular weight is 266 g/mol. The Labute approximate surface area is 113 Å². The Morgan fingerprint density at radius 2 is 1.89 bits per heavy atom. The molecule has 3 heteroatoms. The van der Waals surface area contributed by atoms with E-state index in [4.69, 9.17) is 22.1 Å². The SMILES string of the molecule is COc1ccc(Cl)cc1C1(N)CC2(CCCC2)C1. The Morgan fingerprint density at radius 3 is 2.50 bits per heavy atom. The molecule has 0 unspecified atom stereocenters. The third-order valence-electron chi connectivity index (χ3n) is 4.74. The number of methoxy groups -OCH3 is 1. The van der Waals surface area contributed by atoms with Gasteiger partial charge in [0.15, 0.2) is 0 Å². The molecule has 0 radical (unpaired) electrons. The summed E-state index contributed by atoms with van der Waals surface area (Å²) in [7, 11) is 1.69. The van der Waals surface area contributed by atoms with E-state index in [1.54, 1.807) is 7.11 Å². The highest BCUT2D eigenvalue weighted by atomic mass is 35.5. The smallest absolute Gasteiger partial charge is 0.124 e. The zero-order valence-corrected chi connectivity index (χ0v) is 11.6. The second kappa shape index (κ2) is 4.14. The lowest BCUT2D eigenvalue weighted by molar-refractivity contribution is 0.0297. The molecule has 1 aromatic rings. The normalized spacial score (nSPS) is 23.9. The number of hydrogen-bond acceptors (Lipinski definition) is 2. The summed E-state index contributed by atoms with van der Waals surface area (Å²) in [5.74, 6) is 0.870. The molecule has 2 saturated carbocycles. The molecule has 2 aliphatic rings. The van der Waals surface area contributed by atoms with Crippen LogP contribution in [0.2, 0.25) is 5.02 Å². The number of rotatable bonds is 2. The Hall–Kier alpha value is -0.730. The molecule has 1 spiro atoms. The van der Waals surface area contributed by atoms with E-state index in [1.165, 1.54) is 25.7 Å². The van der Waals surface area contributed by atoms with Crippen LogP contribution >= 0.6 is 11.6 Å².